The summed E-state index contributed by atoms with van der Waals surface area (Å²) in [5.74, 6) is 0.226. The van der Waals surface area contributed by atoms with Crippen LogP contribution >= 0.6 is 11.6 Å². The van der Waals surface area contributed by atoms with Gasteiger partial charge in [0.15, 0.2) is 0 Å². The van der Waals surface area contributed by atoms with Gasteiger partial charge in [-0.2, -0.15) is 0 Å². The van der Waals surface area contributed by atoms with Crippen molar-refractivity contribution >= 4 is 11.6 Å². The smallest absolute Gasteiger partial charge is 0.0465 e. The van der Waals surface area contributed by atoms with Crippen LogP contribution in [-0.4, -0.2) is 11.7 Å². The maximum Gasteiger partial charge on any atom is 0.0465 e. The summed E-state index contributed by atoms with van der Waals surface area (Å²) >= 11 is 6.22. The Balaban J connectivity index is 1.71. The quantitative estimate of drug-likeness (QED) is 0.876. The topological polar surface area (TPSA) is 20.2 Å². The zero-order valence-corrected chi connectivity index (χ0v) is 12.9. The monoisotopic (exact) mass is 300 g/mol. The highest BCUT2D eigenvalue weighted by atomic mass is 35.5. The maximum absolute atomic E-state index is 9.69. The number of hydrogen-bond donors (Lipinski definition) is 1. The van der Waals surface area contributed by atoms with Gasteiger partial charge in [-0.05, 0) is 66.3 Å². The molecule has 1 N–H and O–H groups in total. The number of aryl methyl sites for hydroxylation is 2. The van der Waals surface area contributed by atoms with Gasteiger partial charge in [-0.3, -0.25) is 0 Å². The van der Waals surface area contributed by atoms with Crippen molar-refractivity contribution in [2.45, 2.75) is 32.1 Å². The molecule has 0 amide bonds. The second-order valence-electron chi connectivity index (χ2n) is 6.00. The molecule has 2 aromatic carbocycles. The SMILES string of the molecule is OCC(Cc1ccc2c(c1)CCC2)Cc1ccccc1Cl. The third-order valence-corrected chi connectivity index (χ3v) is 4.78. The van der Waals surface area contributed by atoms with E-state index in [4.69, 9.17) is 11.6 Å². The molecular formula is C19H21ClO. The molecule has 2 aromatic rings. The lowest BCUT2D eigenvalue weighted by atomic mass is 9.92. The van der Waals surface area contributed by atoms with Crippen LogP contribution in [0.2, 0.25) is 5.02 Å². The van der Waals surface area contributed by atoms with Gasteiger partial charge < -0.3 is 5.11 Å². The molecule has 0 heterocycles. The first-order valence-corrected chi connectivity index (χ1v) is 8.09. The third kappa shape index (κ3) is 3.48. The van der Waals surface area contributed by atoms with Crippen LogP contribution in [0.15, 0.2) is 42.5 Å². The fourth-order valence-electron chi connectivity index (χ4n) is 3.26. The van der Waals surface area contributed by atoms with Crippen LogP contribution in [-0.2, 0) is 25.7 Å². The summed E-state index contributed by atoms with van der Waals surface area (Å²) in [5.41, 5.74) is 5.47. The van der Waals surface area contributed by atoms with Crippen LogP contribution in [0, 0.1) is 5.92 Å². The largest absolute Gasteiger partial charge is 0.396 e. The molecule has 2 heteroatoms. The van der Waals surface area contributed by atoms with Crippen LogP contribution < -0.4 is 0 Å². The van der Waals surface area contributed by atoms with Gasteiger partial charge in [0.1, 0.15) is 0 Å². The minimum absolute atomic E-state index is 0.197. The molecule has 0 aromatic heterocycles. The predicted molar refractivity (Wildman–Crippen MR) is 87.9 cm³/mol. The highest BCUT2D eigenvalue weighted by Crippen LogP contribution is 2.25. The van der Waals surface area contributed by atoms with Crippen molar-refractivity contribution < 1.29 is 5.11 Å². The predicted octanol–water partition coefficient (Wildman–Crippen LogP) is 4.22. The van der Waals surface area contributed by atoms with Crippen molar-refractivity contribution in [3.63, 3.8) is 0 Å². The summed E-state index contributed by atoms with van der Waals surface area (Å²) in [7, 11) is 0. The summed E-state index contributed by atoms with van der Waals surface area (Å²) in [6.45, 7) is 0.197. The second-order valence-corrected chi connectivity index (χ2v) is 6.41. The maximum atomic E-state index is 9.69. The van der Waals surface area contributed by atoms with Gasteiger partial charge in [0.05, 0.1) is 0 Å². The molecule has 1 aliphatic rings. The van der Waals surface area contributed by atoms with Gasteiger partial charge in [-0.15, -0.1) is 0 Å². The summed E-state index contributed by atoms with van der Waals surface area (Å²) in [4.78, 5) is 0. The third-order valence-electron chi connectivity index (χ3n) is 4.41. The number of halogens is 1. The van der Waals surface area contributed by atoms with E-state index in [1.807, 2.05) is 24.3 Å². The van der Waals surface area contributed by atoms with E-state index in [1.165, 1.54) is 36.0 Å². The number of hydrogen-bond acceptors (Lipinski definition) is 1. The zero-order valence-electron chi connectivity index (χ0n) is 12.2. The van der Waals surface area contributed by atoms with E-state index in [0.717, 1.165) is 23.4 Å². The van der Waals surface area contributed by atoms with Crippen LogP contribution in [0.3, 0.4) is 0 Å². The Kier molecular flexibility index (Phi) is 4.62. The molecule has 0 saturated carbocycles. The fourth-order valence-corrected chi connectivity index (χ4v) is 3.47. The molecule has 0 bridgehead atoms. The molecular weight excluding hydrogens is 280 g/mol. The van der Waals surface area contributed by atoms with Crippen LogP contribution in [0.5, 0.6) is 0 Å². The summed E-state index contributed by atoms with van der Waals surface area (Å²) in [6, 6.07) is 14.7. The number of fused-ring (bicyclic) bond motifs is 1. The van der Waals surface area contributed by atoms with E-state index in [2.05, 4.69) is 18.2 Å². The molecule has 0 saturated heterocycles. The van der Waals surface area contributed by atoms with Crippen molar-refractivity contribution in [3.8, 4) is 0 Å². The van der Waals surface area contributed by atoms with Gasteiger partial charge in [0.25, 0.3) is 0 Å². The van der Waals surface area contributed by atoms with Gasteiger partial charge in [0, 0.05) is 11.6 Å². The first-order chi connectivity index (χ1) is 10.3. The summed E-state index contributed by atoms with van der Waals surface area (Å²) in [6.07, 6.45) is 5.44. The summed E-state index contributed by atoms with van der Waals surface area (Å²) < 4.78 is 0. The Morgan fingerprint density at radius 2 is 1.81 bits per heavy atom. The van der Waals surface area contributed by atoms with E-state index >= 15 is 0 Å². The van der Waals surface area contributed by atoms with Gasteiger partial charge in [-0.1, -0.05) is 48.0 Å². The molecule has 1 nitrogen and oxygen atoms in total. The summed E-state index contributed by atoms with van der Waals surface area (Å²) in [5, 5.41) is 10.5. The highest BCUT2D eigenvalue weighted by molar-refractivity contribution is 6.31. The van der Waals surface area contributed by atoms with Crippen molar-refractivity contribution in [3.05, 3.63) is 69.7 Å². The highest BCUT2D eigenvalue weighted by Gasteiger charge is 2.15. The molecule has 1 atom stereocenters. The number of aliphatic hydroxyl groups excluding tert-OH is 1. The van der Waals surface area contributed by atoms with Crippen molar-refractivity contribution in [1.82, 2.24) is 0 Å². The van der Waals surface area contributed by atoms with Gasteiger partial charge in [-0.25, -0.2) is 0 Å². The Hall–Kier alpha value is -1.31. The molecule has 110 valence electrons. The van der Waals surface area contributed by atoms with Crippen molar-refractivity contribution in [2.24, 2.45) is 5.92 Å². The van der Waals surface area contributed by atoms with Crippen LogP contribution in [0.1, 0.15) is 28.7 Å². The van der Waals surface area contributed by atoms with Crippen molar-refractivity contribution in [2.75, 3.05) is 6.61 Å². The Bertz CT molecular complexity index is 621. The fraction of sp³-hybridized carbons (Fsp3) is 0.368. The Labute approximate surface area is 131 Å². The average Bonchev–Trinajstić information content (AvgIpc) is 2.96. The van der Waals surface area contributed by atoms with Gasteiger partial charge >= 0.3 is 0 Å². The minimum Gasteiger partial charge on any atom is -0.396 e. The van der Waals surface area contributed by atoms with Gasteiger partial charge in [0.2, 0.25) is 0 Å². The lowest BCUT2D eigenvalue weighted by molar-refractivity contribution is 0.225. The van der Waals surface area contributed by atoms with E-state index in [-0.39, 0.29) is 12.5 Å². The number of benzene rings is 2. The lowest BCUT2D eigenvalue weighted by Crippen LogP contribution is -2.13. The Morgan fingerprint density at radius 1 is 1.00 bits per heavy atom. The lowest BCUT2D eigenvalue weighted by Gasteiger charge is -2.16. The zero-order chi connectivity index (χ0) is 14.7. The standard InChI is InChI=1S/C19H21ClO/c20-19-7-2-1-4-18(19)12-15(13-21)10-14-8-9-16-5-3-6-17(16)11-14/h1-2,4,7-9,11,15,21H,3,5-6,10,12-13H2. The number of aliphatic hydroxyl groups is 1. The van der Waals surface area contributed by atoms with E-state index in [0.29, 0.717) is 0 Å². The molecule has 1 unspecified atom stereocenters. The molecule has 3 rings (SSSR count). The van der Waals surface area contributed by atoms with E-state index in [9.17, 15) is 5.11 Å². The van der Waals surface area contributed by atoms with Crippen molar-refractivity contribution in [1.29, 1.82) is 0 Å². The first kappa shape index (κ1) is 14.6. The molecule has 0 aliphatic heterocycles. The molecule has 0 fully saturated rings. The van der Waals surface area contributed by atoms with Crippen LogP contribution in [0.4, 0.5) is 0 Å². The second kappa shape index (κ2) is 6.64. The normalized spacial score (nSPS) is 15.0. The van der Waals surface area contributed by atoms with Crippen LogP contribution in [0.25, 0.3) is 0 Å². The van der Waals surface area contributed by atoms with E-state index < -0.39 is 0 Å². The molecule has 0 radical (unpaired) electrons. The molecule has 1 aliphatic carbocycles. The van der Waals surface area contributed by atoms with E-state index in [1.54, 1.807) is 0 Å². The minimum atomic E-state index is 0.197. The Morgan fingerprint density at radius 3 is 2.62 bits per heavy atom. The average molecular weight is 301 g/mol. The first-order valence-electron chi connectivity index (χ1n) is 7.71. The molecule has 0 spiro atoms. The number of rotatable bonds is 5. The molecule has 21 heavy (non-hydrogen) atoms.